The topological polar surface area (TPSA) is 52.0 Å². The van der Waals surface area contributed by atoms with Crippen molar-refractivity contribution in [3.8, 4) is 12.1 Å². The third-order valence-corrected chi connectivity index (χ3v) is 5.89. The van der Waals surface area contributed by atoms with Crippen LogP contribution in [0.4, 0.5) is 0 Å². The number of hydrogen-bond donors (Lipinski definition) is 1. The van der Waals surface area contributed by atoms with Gasteiger partial charge in [0.05, 0.1) is 6.54 Å². The summed E-state index contributed by atoms with van der Waals surface area (Å²) in [5.74, 6) is 0.600. The number of nitriles is 2. The maximum atomic E-state index is 9.14. The first-order valence-corrected chi connectivity index (χ1v) is 9.16. The zero-order valence-corrected chi connectivity index (χ0v) is 14.4. The molecule has 3 aliphatic rings. The first kappa shape index (κ1) is 15.9. The van der Waals surface area contributed by atoms with Crippen LogP contribution in [-0.2, 0) is 13.0 Å². The van der Waals surface area contributed by atoms with Gasteiger partial charge in [-0.2, -0.15) is 10.5 Å². The normalized spacial score (nSPS) is 24.8. The number of nitrogens with zero attached hydrogens (tertiary/aromatic N) is 2. The molecule has 25 heavy (non-hydrogen) atoms. The lowest BCUT2D eigenvalue weighted by molar-refractivity contribution is -0.879. The highest BCUT2D eigenvalue weighted by Crippen LogP contribution is 2.37. The fraction of sp³-hybridized carbons (Fsp3) is 0.364. The maximum absolute atomic E-state index is 9.14. The van der Waals surface area contributed by atoms with E-state index < -0.39 is 0 Å². The second kappa shape index (κ2) is 6.71. The molecule has 0 saturated carbocycles. The van der Waals surface area contributed by atoms with Gasteiger partial charge in [0.25, 0.3) is 0 Å². The van der Waals surface area contributed by atoms with Crippen molar-refractivity contribution < 1.29 is 4.90 Å². The molecule has 0 bridgehead atoms. The van der Waals surface area contributed by atoms with E-state index in [0.29, 0.717) is 5.92 Å². The van der Waals surface area contributed by atoms with Crippen LogP contribution in [0.5, 0.6) is 0 Å². The molecule has 1 N–H and O–H groups in total. The molecular formula is C22H22N3+. The van der Waals surface area contributed by atoms with E-state index in [1.54, 1.807) is 4.90 Å². The van der Waals surface area contributed by atoms with Gasteiger partial charge in [-0.05, 0) is 48.0 Å². The van der Waals surface area contributed by atoms with Crippen LogP contribution < -0.4 is 4.90 Å². The predicted octanol–water partition coefficient (Wildman–Crippen LogP) is 2.99. The van der Waals surface area contributed by atoms with E-state index in [2.05, 4.69) is 48.6 Å². The maximum Gasteiger partial charge on any atom is 0.132 e. The van der Waals surface area contributed by atoms with Gasteiger partial charge in [-0.15, -0.1) is 0 Å². The van der Waals surface area contributed by atoms with Crippen molar-refractivity contribution in [2.45, 2.75) is 38.6 Å². The minimum Gasteiger partial charge on any atom is -0.302 e. The van der Waals surface area contributed by atoms with Gasteiger partial charge >= 0.3 is 0 Å². The van der Waals surface area contributed by atoms with Crippen LogP contribution in [0.1, 0.15) is 36.8 Å². The van der Waals surface area contributed by atoms with E-state index in [1.807, 2.05) is 0 Å². The smallest absolute Gasteiger partial charge is 0.132 e. The monoisotopic (exact) mass is 328 g/mol. The van der Waals surface area contributed by atoms with Crippen LogP contribution in [0, 0.1) is 28.6 Å². The molecule has 0 spiro atoms. The zero-order valence-electron chi connectivity index (χ0n) is 14.4. The van der Waals surface area contributed by atoms with Crippen molar-refractivity contribution in [2.75, 3.05) is 6.54 Å². The van der Waals surface area contributed by atoms with E-state index in [-0.39, 0.29) is 5.57 Å². The van der Waals surface area contributed by atoms with Crippen LogP contribution in [0.15, 0.2) is 58.8 Å². The number of fused-ring (bicyclic) bond motifs is 2. The molecule has 1 unspecified atom stereocenters. The van der Waals surface area contributed by atoms with Crippen molar-refractivity contribution in [1.82, 2.24) is 0 Å². The highest BCUT2D eigenvalue weighted by molar-refractivity contribution is 5.49. The Morgan fingerprint density at radius 3 is 2.52 bits per heavy atom. The molecule has 4 rings (SSSR count). The Labute approximate surface area is 149 Å². The van der Waals surface area contributed by atoms with Gasteiger partial charge in [-0.1, -0.05) is 30.3 Å². The number of quaternary nitrogens is 1. The molecule has 1 aromatic rings. The average Bonchev–Trinajstić information content (AvgIpc) is 2.68. The van der Waals surface area contributed by atoms with Crippen molar-refractivity contribution in [3.05, 3.63) is 70.0 Å². The number of rotatable bonds is 1. The molecule has 1 aliphatic heterocycles. The van der Waals surface area contributed by atoms with Gasteiger partial charge in [0.15, 0.2) is 0 Å². The number of allylic oxidation sites excluding steroid dienone is 6. The minimum atomic E-state index is 0.283. The molecule has 0 fully saturated rings. The van der Waals surface area contributed by atoms with E-state index in [1.165, 1.54) is 35.2 Å². The molecule has 0 saturated heterocycles. The molecule has 2 aliphatic carbocycles. The summed E-state index contributed by atoms with van der Waals surface area (Å²) in [5.41, 5.74) is 7.00. The van der Waals surface area contributed by atoms with Crippen LogP contribution >= 0.6 is 0 Å². The fourth-order valence-corrected chi connectivity index (χ4v) is 4.46. The summed E-state index contributed by atoms with van der Waals surface area (Å²) < 4.78 is 0. The summed E-state index contributed by atoms with van der Waals surface area (Å²) in [5, 5.41) is 18.3. The third kappa shape index (κ3) is 3.04. The molecule has 124 valence electrons. The van der Waals surface area contributed by atoms with Gasteiger partial charge < -0.3 is 4.90 Å². The van der Waals surface area contributed by atoms with Crippen LogP contribution in [0.25, 0.3) is 0 Å². The van der Waals surface area contributed by atoms with E-state index >= 15 is 0 Å². The molecule has 0 radical (unpaired) electrons. The molecule has 1 aromatic carbocycles. The summed E-state index contributed by atoms with van der Waals surface area (Å²) in [6.45, 7) is 2.23. The summed E-state index contributed by atoms with van der Waals surface area (Å²) in [7, 11) is 0. The Kier molecular flexibility index (Phi) is 4.26. The largest absolute Gasteiger partial charge is 0.302 e. The Balaban J connectivity index is 1.62. The quantitative estimate of drug-likeness (QED) is 0.806. The Morgan fingerprint density at radius 1 is 0.960 bits per heavy atom. The Morgan fingerprint density at radius 2 is 1.72 bits per heavy atom. The van der Waals surface area contributed by atoms with E-state index in [4.69, 9.17) is 10.5 Å². The summed E-state index contributed by atoms with van der Waals surface area (Å²) in [6.07, 6.45) is 9.92. The first-order valence-electron chi connectivity index (χ1n) is 9.16. The first-order chi connectivity index (χ1) is 12.3. The molecule has 2 atom stereocenters. The number of benzene rings is 1. The summed E-state index contributed by atoms with van der Waals surface area (Å²) in [4.78, 5) is 1.58. The van der Waals surface area contributed by atoms with Crippen LogP contribution in [-0.4, -0.2) is 6.54 Å². The molecule has 0 aromatic heterocycles. The second-order valence-corrected chi connectivity index (χ2v) is 7.26. The number of hydrogen-bond acceptors (Lipinski definition) is 2. The van der Waals surface area contributed by atoms with Crippen LogP contribution in [0.3, 0.4) is 0 Å². The van der Waals surface area contributed by atoms with Gasteiger partial charge in [0.1, 0.15) is 30.0 Å². The van der Waals surface area contributed by atoms with Gasteiger partial charge in [0.2, 0.25) is 0 Å². The van der Waals surface area contributed by atoms with Crippen molar-refractivity contribution in [1.29, 1.82) is 10.5 Å². The minimum absolute atomic E-state index is 0.283. The van der Waals surface area contributed by atoms with Crippen molar-refractivity contribution >= 4 is 0 Å². The fourth-order valence-electron chi connectivity index (χ4n) is 4.46. The molecule has 3 heteroatoms. The predicted molar refractivity (Wildman–Crippen MR) is 96.1 cm³/mol. The zero-order chi connectivity index (χ0) is 17.2. The SMILES string of the molecule is N#CC(C#N)=C1C=C2C=C([NH+]3CCc4ccccc4C3)CC[C@@H]2CC1. The summed E-state index contributed by atoms with van der Waals surface area (Å²) >= 11 is 0. The molecule has 0 amide bonds. The lowest BCUT2D eigenvalue weighted by Crippen LogP contribution is -3.10. The highest BCUT2D eigenvalue weighted by Gasteiger charge is 2.30. The van der Waals surface area contributed by atoms with E-state index in [9.17, 15) is 0 Å². The van der Waals surface area contributed by atoms with Crippen LogP contribution in [0.2, 0.25) is 0 Å². The lowest BCUT2D eigenvalue weighted by atomic mass is 9.77. The van der Waals surface area contributed by atoms with Gasteiger partial charge in [-0.25, -0.2) is 0 Å². The average molecular weight is 328 g/mol. The van der Waals surface area contributed by atoms with E-state index in [0.717, 1.165) is 37.9 Å². The Bertz CT molecular complexity index is 857. The third-order valence-electron chi connectivity index (χ3n) is 5.89. The van der Waals surface area contributed by atoms with Crippen molar-refractivity contribution in [3.63, 3.8) is 0 Å². The standard InChI is InChI=1S/C22H21N3/c23-13-21(14-24)18-6-5-17-7-8-22(12-20(17)11-18)25-10-9-16-3-1-2-4-19(16)15-25/h1-4,11-12,17H,5-10,15H2/p+1/t17-/m0/s1. The highest BCUT2D eigenvalue weighted by atomic mass is 15.1. The van der Waals surface area contributed by atoms with Gasteiger partial charge in [0, 0.05) is 18.4 Å². The second-order valence-electron chi connectivity index (χ2n) is 7.26. The van der Waals surface area contributed by atoms with Gasteiger partial charge in [-0.3, -0.25) is 0 Å². The van der Waals surface area contributed by atoms with Crippen molar-refractivity contribution in [2.24, 2.45) is 5.92 Å². The lowest BCUT2D eigenvalue weighted by Gasteiger charge is -2.33. The Hall–Kier alpha value is -2.62. The summed E-state index contributed by atoms with van der Waals surface area (Å²) in [6, 6.07) is 12.9. The molecule has 1 heterocycles. The molecular weight excluding hydrogens is 306 g/mol. The molecule has 3 nitrogen and oxygen atoms in total. The number of nitrogens with one attached hydrogen (secondary N) is 1.